The van der Waals surface area contributed by atoms with E-state index in [9.17, 15) is 4.79 Å². The molecular formula is C13H14N2O. The van der Waals surface area contributed by atoms with Crippen LogP contribution < -0.4 is 0 Å². The van der Waals surface area contributed by atoms with Crippen LogP contribution in [0.2, 0.25) is 0 Å². The molecule has 1 aromatic carbocycles. The fourth-order valence-electron chi connectivity index (χ4n) is 2.02. The third-order valence-electron chi connectivity index (χ3n) is 3.01. The monoisotopic (exact) mass is 214 g/mol. The lowest BCUT2D eigenvalue weighted by Gasteiger charge is -2.26. The second-order valence-corrected chi connectivity index (χ2v) is 3.98. The van der Waals surface area contributed by atoms with Crippen molar-refractivity contribution in [3.05, 3.63) is 34.9 Å². The Morgan fingerprint density at radius 3 is 3.00 bits per heavy atom. The first-order valence-electron chi connectivity index (χ1n) is 5.54. The summed E-state index contributed by atoms with van der Waals surface area (Å²) in [5.41, 5.74) is 3.06. The predicted molar refractivity (Wildman–Crippen MR) is 61.0 cm³/mol. The average Bonchev–Trinajstić information content (AvgIpc) is 2.33. The van der Waals surface area contributed by atoms with E-state index in [4.69, 9.17) is 5.26 Å². The average molecular weight is 214 g/mol. The molecule has 1 heterocycles. The maximum Gasteiger partial charge on any atom is 0.255 e. The Labute approximate surface area is 95.3 Å². The lowest BCUT2D eigenvalue weighted by Crippen LogP contribution is -2.37. The summed E-state index contributed by atoms with van der Waals surface area (Å²) in [5.74, 6) is -0.00176. The highest BCUT2D eigenvalue weighted by molar-refractivity contribution is 5.97. The first-order chi connectivity index (χ1) is 7.76. The number of amides is 1. The van der Waals surface area contributed by atoms with Gasteiger partial charge in [0.25, 0.3) is 5.91 Å². The highest BCUT2D eigenvalue weighted by Crippen LogP contribution is 2.20. The number of benzene rings is 1. The van der Waals surface area contributed by atoms with Crippen LogP contribution in [0.1, 0.15) is 28.4 Å². The molecule has 0 saturated carbocycles. The van der Waals surface area contributed by atoms with Crippen LogP contribution >= 0.6 is 0 Å². The number of rotatable bonds is 2. The molecule has 0 fully saturated rings. The van der Waals surface area contributed by atoms with Gasteiger partial charge in [-0.3, -0.25) is 4.79 Å². The first-order valence-corrected chi connectivity index (χ1v) is 5.54. The van der Waals surface area contributed by atoms with Gasteiger partial charge in [0.1, 0.15) is 6.54 Å². The molecule has 0 radical (unpaired) electrons. The molecule has 2 rings (SSSR count). The van der Waals surface area contributed by atoms with Gasteiger partial charge in [-0.15, -0.1) is 0 Å². The maximum absolute atomic E-state index is 12.0. The lowest BCUT2D eigenvalue weighted by atomic mass is 9.96. The van der Waals surface area contributed by atoms with Crippen LogP contribution in [-0.2, 0) is 12.8 Å². The Balaban J connectivity index is 2.35. The van der Waals surface area contributed by atoms with Gasteiger partial charge in [0.05, 0.1) is 6.07 Å². The smallest absolute Gasteiger partial charge is 0.255 e. The van der Waals surface area contributed by atoms with Gasteiger partial charge in [-0.25, -0.2) is 0 Å². The lowest BCUT2D eigenvalue weighted by molar-refractivity contribution is 0.0761. The molecule has 0 saturated heterocycles. The number of hydrogen-bond donors (Lipinski definition) is 0. The minimum Gasteiger partial charge on any atom is -0.325 e. The van der Waals surface area contributed by atoms with Crippen LogP contribution in [0.25, 0.3) is 0 Å². The summed E-state index contributed by atoms with van der Waals surface area (Å²) >= 11 is 0. The van der Waals surface area contributed by atoms with Gasteiger partial charge >= 0.3 is 0 Å². The predicted octanol–water partition coefficient (Wildman–Crippen LogP) is 1.77. The van der Waals surface area contributed by atoms with Crippen molar-refractivity contribution in [2.75, 3.05) is 13.1 Å². The van der Waals surface area contributed by atoms with E-state index in [2.05, 4.69) is 13.0 Å². The molecule has 0 aromatic heterocycles. The van der Waals surface area contributed by atoms with E-state index in [1.165, 1.54) is 5.56 Å². The zero-order chi connectivity index (χ0) is 11.5. The highest BCUT2D eigenvalue weighted by atomic mass is 16.2. The van der Waals surface area contributed by atoms with Crippen molar-refractivity contribution in [2.45, 2.75) is 19.8 Å². The van der Waals surface area contributed by atoms with E-state index in [1.54, 1.807) is 4.90 Å². The summed E-state index contributed by atoms with van der Waals surface area (Å²) in [6.07, 6.45) is 1.78. The van der Waals surface area contributed by atoms with Gasteiger partial charge in [0.2, 0.25) is 0 Å². The van der Waals surface area contributed by atoms with Crippen molar-refractivity contribution >= 4 is 5.91 Å². The summed E-state index contributed by atoms with van der Waals surface area (Å²) in [5, 5.41) is 8.64. The number of nitriles is 1. The summed E-state index contributed by atoms with van der Waals surface area (Å²) in [6, 6.07) is 8.10. The quantitative estimate of drug-likeness (QED) is 0.704. The van der Waals surface area contributed by atoms with Crippen LogP contribution in [-0.4, -0.2) is 23.9 Å². The van der Waals surface area contributed by atoms with Crippen molar-refractivity contribution < 1.29 is 4.79 Å². The van der Waals surface area contributed by atoms with Crippen LogP contribution in [0.5, 0.6) is 0 Å². The summed E-state index contributed by atoms with van der Waals surface area (Å²) < 4.78 is 0. The Morgan fingerprint density at radius 2 is 2.31 bits per heavy atom. The van der Waals surface area contributed by atoms with E-state index in [1.807, 2.05) is 18.2 Å². The molecular weight excluding hydrogens is 200 g/mol. The first kappa shape index (κ1) is 10.7. The molecule has 0 aliphatic carbocycles. The fraction of sp³-hybridized carbons (Fsp3) is 0.385. The minimum absolute atomic E-state index is 0.00176. The van der Waals surface area contributed by atoms with Crippen molar-refractivity contribution in [3.63, 3.8) is 0 Å². The van der Waals surface area contributed by atoms with Gasteiger partial charge in [-0.1, -0.05) is 19.1 Å². The van der Waals surface area contributed by atoms with Gasteiger partial charge < -0.3 is 4.90 Å². The molecule has 1 aliphatic rings. The Hall–Kier alpha value is -1.82. The molecule has 16 heavy (non-hydrogen) atoms. The number of hydrogen-bond acceptors (Lipinski definition) is 2. The summed E-state index contributed by atoms with van der Waals surface area (Å²) in [7, 11) is 0. The fourth-order valence-corrected chi connectivity index (χ4v) is 2.02. The molecule has 0 bridgehead atoms. The van der Waals surface area contributed by atoms with Crippen molar-refractivity contribution in [1.82, 2.24) is 4.90 Å². The highest BCUT2D eigenvalue weighted by Gasteiger charge is 2.23. The molecule has 0 atom stereocenters. The molecule has 1 aliphatic heterocycles. The van der Waals surface area contributed by atoms with Gasteiger partial charge in [0.15, 0.2) is 0 Å². The minimum atomic E-state index is -0.00176. The van der Waals surface area contributed by atoms with Crippen LogP contribution in [0, 0.1) is 11.3 Å². The molecule has 3 nitrogen and oxygen atoms in total. The van der Waals surface area contributed by atoms with E-state index in [0.717, 1.165) is 24.0 Å². The van der Waals surface area contributed by atoms with E-state index in [-0.39, 0.29) is 12.5 Å². The normalized spacial score (nSPS) is 14.5. The number of nitrogens with zero attached hydrogens (tertiary/aromatic N) is 2. The molecule has 1 aromatic rings. The largest absolute Gasteiger partial charge is 0.325 e. The number of carbonyl (C=O) groups excluding carboxylic acids is 1. The molecule has 3 heteroatoms. The molecule has 0 spiro atoms. The van der Waals surface area contributed by atoms with E-state index >= 15 is 0 Å². The zero-order valence-corrected chi connectivity index (χ0v) is 9.36. The Morgan fingerprint density at radius 1 is 1.50 bits per heavy atom. The van der Waals surface area contributed by atoms with Crippen molar-refractivity contribution in [2.24, 2.45) is 0 Å². The van der Waals surface area contributed by atoms with Crippen LogP contribution in [0.15, 0.2) is 18.2 Å². The molecule has 1 amide bonds. The van der Waals surface area contributed by atoms with E-state index in [0.29, 0.717) is 6.54 Å². The van der Waals surface area contributed by atoms with Gasteiger partial charge in [-0.05, 0) is 30.0 Å². The summed E-state index contributed by atoms with van der Waals surface area (Å²) in [6.45, 7) is 2.92. The van der Waals surface area contributed by atoms with Crippen molar-refractivity contribution in [3.8, 4) is 6.07 Å². The van der Waals surface area contributed by atoms with E-state index < -0.39 is 0 Å². The number of carbonyl (C=O) groups is 1. The van der Waals surface area contributed by atoms with Crippen LogP contribution in [0.3, 0.4) is 0 Å². The van der Waals surface area contributed by atoms with Crippen molar-refractivity contribution in [1.29, 1.82) is 5.26 Å². The number of aryl methyl sites for hydroxylation is 1. The molecule has 82 valence electrons. The standard InChI is InChI=1S/C13H14N2O/c1-2-10-3-4-11-5-7-15(8-6-14)13(16)12(11)9-10/h3-4,9H,2,5,7-8H2,1H3. The molecule has 0 unspecified atom stereocenters. The second kappa shape index (κ2) is 4.36. The van der Waals surface area contributed by atoms with Gasteiger partial charge in [0, 0.05) is 12.1 Å². The second-order valence-electron chi connectivity index (χ2n) is 3.98. The maximum atomic E-state index is 12.0. The Bertz CT molecular complexity index is 459. The summed E-state index contributed by atoms with van der Waals surface area (Å²) in [4.78, 5) is 13.7. The third kappa shape index (κ3) is 1.79. The third-order valence-corrected chi connectivity index (χ3v) is 3.01. The zero-order valence-electron chi connectivity index (χ0n) is 9.36. The topological polar surface area (TPSA) is 44.1 Å². The Kier molecular flexibility index (Phi) is 2.91. The van der Waals surface area contributed by atoms with Gasteiger partial charge in [-0.2, -0.15) is 5.26 Å². The SMILES string of the molecule is CCc1ccc2c(c1)C(=O)N(CC#N)CC2. The van der Waals surface area contributed by atoms with Crippen LogP contribution in [0.4, 0.5) is 0 Å². The number of fused-ring (bicyclic) bond motifs is 1. The molecule has 0 N–H and O–H groups in total.